The molecule has 0 saturated carbocycles. The van der Waals surface area contributed by atoms with E-state index in [1.807, 2.05) is 30.3 Å². The Hall–Kier alpha value is -1.44. The molecule has 0 radical (unpaired) electrons. The van der Waals surface area contributed by atoms with Crippen LogP contribution < -0.4 is 9.42 Å². The highest BCUT2D eigenvalue weighted by atomic mass is 31.1. The maximum atomic E-state index is 10.3. The fourth-order valence-electron chi connectivity index (χ4n) is 1.31. The van der Waals surface area contributed by atoms with Gasteiger partial charge in [-0.05, 0) is 27.5 Å². The molecule has 0 aromatic heterocycles. The molecule has 70 valence electrons. The Morgan fingerprint density at radius 2 is 1.79 bits per heavy atom. The van der Waals surface area contributed by atoms with Gasteiger partial charge in [0.25, 0.3) is 0 Å². The minimum absolute atomic E-state index is 0.347. The van der Waals surface area contributed by atoms with Crippen molar-refractivity contribution in [2.24, 2.45) is 0 Å². The number of benzene rings is 2. The van der Waals surface area contributed by atoms with E-state index in [0.29, 0.717) is 5.75 Å². The summed E-state index contributed by atoms with van der Waals surface area (Å²) in [4.78, 5) is 10.3. The molecule has 1 atom stereocenters. The average molecular weight is 206 g/mol. The van der Waals surface area contributed by atoms with Crippen molar-refractivity contribution < 1.29 is 14.0 Å². The fourth-order valence-corrected chi connectivity index (χ4v) is 1.60. The van der Waals surface area contributed by atoms with E-state index in [-0.39, 0.29) is 0 Å². The molecule has 2 rings (SSSR count). The summed E-state index contributed by atoms with van der Waals surface area (Å²) in [7, 11) is -2.83. The Bertz CT molecular complexity index is 482. The summed E-state index contributed by atoms with van der Waals surface area (Å²) < 4.78 is 14.9. The predicted molar refractivity (Wildman–Crippen MR) is 52.2 cm³/mol. The van der Waals surface area contributed by atoms with Gasteiger partial charge in [-0.25, -0.2) is 0 Å². The maximum Gasteiger partial charge on any atom is 0.539 e. The van der Waals surface area contributed by atoms with E-state index < -0.39 is 8.25 Å². The molecule has 1 unspecified atom stereocenters. The molecule has 0 amide bonds. The van der Waals surface area contributed by atoms with Crippen molar-refractivity contribution in [2.45, 2.75) is 0 Å². The molecule has 0 aliphatic carbocycles. The molecule has 0 aliphatic rings. The van der Waals surface area contributed by atoms with Gasteiger partial charge >= 0.3 is 8.25 Å². The first-order valence-electron chi connectivity index (χ1n) is 4.07. The van der Waals surface area contributed by atoms with Gasteiger partial charge in [0.05, 0.1) is 0 Å². The summed E-state index contributed by atoms with van der Waals surface area (Å²) in [5.74, 6) is 0.347. The van der Waals surface area contributed by atoms with E-state index in [0.717, 1.165) is 10.8 Å². The van der Waals surface area contributed by atoms with Crippen molar-refractivity contribution in [3.8, 4) is 5.75 Å². The van der Waals surface area contributed by atoms with Crippen molar-refractivity contribution in [2.75, 3.05) is 0 Å². The van der Waals surface area contributed by atoms with Gasteiger partial charge in [0.2, 0.25) is 0 Å². The fraction of sp³-hybridized carbons (Fsp3) is 0. The topological polar surface area (TPSA) is 49.4 Å². The SMILES string of the molecule is O=[P+]([O-])Oc1ccc2ccccc2c1. The van der Waals surface area contributed by atoms with Gasteiger partial charge < -0.3 is 4.89 Å². The Morgan fingerprint density at radius 3 is 2.50 bits per heavy atom. The van der Waals surface area contributed by atoms with E-state index in [2.05, 4.69) is 4.52 Å². The summed E-state index contributed by atoms with van der Waals surface area (Å²) in [5, 5.41) is 2.02. The third-order valence-corrected chi connectivity index (χ3v) is 2.26. The molecule has 0 bridgehead atoms. The molecule has 0 aliphatic heterocycles. The summed E-state index contributed by atoms with van der Waals surface area (Å²) in [6.45, 7) is 0. The molecule has 0 N–H and O–H groups in total. The van der Waals surface area contributed by atoms with Crippen molar-refractivity contribution >= 4 is 19.0 Å². The molecule has 0 saturated heterocycles. The second-order valence-electron chi connectivity index (χ2n) is 2.82. The Kier molecular flexibility index (Phi) is 2.44. The van der Waals surface area contributed by atoms with Crippen LogP contribution in [0.4, 0.5) is 0 Å². The van der Waals surface area contributed by atoms with Crippen LogP contribution in [-0.4, -0.2) is 0 Å². The zero-order valence-electron chi connectivity index (χ0n) is 7.21. The quantitative estimate of drug-likeness (QED) is 0.708. The van der Waals surface area contributed by atoms with Crippen LogP contribution in [0, 0.1) is 0 Å². The molecule has 3 nitrogen and oxygen atoms in total. The predicted octanol–water partition coefficient (Wildman–Crippen LogP) is 2.24. The van der Waals surface area contributed by atoms with Crippen LogP contribution in [0.5, 0.6) is 5.75 Å². The average Bonchev–Trinajstić information content (AvgIpc) is 2.17. The Morgan fingerprint density at radius 1 is 1.07 bits per heavy atom. The van der Waals surface area contributed by atoms with Crippen molar-refractivity contribution in [3.63, 3.8) is 0 Å². The van der Waals surface area contributed by atoms with Crippen LogP contribution in [0.3, 0.4) is 0 Å². The standard InChI is InChI=1S/C10H7O3P/c11-14(12)13-10-6-5-8-3-1-2-4-9(8)7-10/h1-7H. The zero-order valence-corrected chi connectivity index (χ0v) is 8.11. The van der Waals surface area contributed by atoms with Crippen molar-refractivity contribution in [1.29, 1.82) is 0 Å². The van der Waals surface area contributed by atoms with Crippen LogP contribution in [-0.2, 0) is 4.57 Å². The van der Waals surface area contributed by atoms with Gasteiger partial charge in [0, 0.05) is 0 Å². The monoisotopic (exact) mass is 206 g/mol. The van der Waals surface area contributed by atoms with Gasteiger partial charge in [-0.1, -0.05) is 30.3 Å². The maximum absolute atomic E-state index is 10.3. The minimum atomic E-state index is -2.83. The lowest BCUT2D eigenvalue weighted by Gasteiger charge is -1.98. The summed E-state index contributed by atoms with van der Waals surface area (Å²) in [6.07, 6.45) is 0. The molecule has 4 heteroatoms. The van der Waals surface area contributed by atoms with Crippen LogP contribution >= 0.6 is 8.25 Å². The van der Waals surface area contributed by atoms with Gasteiger partial charge in [0.1, 0.15) is 0 Å². The lowest BCUT2D eigenvalue weighted by Crippen LogP contribution is -1.92. The van der Waals surface area contributed by atoms with Gasteiger partial charge in [0.15, 0.2) is 5.75 Å². The van der Waals surface area contributed by atoms with Crippen LogP contribution in [0.25, 0.3) is 10.8 Å². The highest BCUT2D eigenvalue weighted by molar-refractivity contribution is 7.31. The van der Waals surface area contributed by atoms with E-state index >= 15 is 0 Å². The van der Waals surface area contributed by atoms with Crippen LogP contribution in [0.15, 0.2) is 42.5 Å². The third kappa shape index (κ3) is 1.90. The summed E-state index contributed by atoms with van der Waals surface area (Å²) >= 11 is 0. The number of hydrogen-bond donors (Lipinski definition) is 0. The molecular weight excluding hydrogens is 199 g/mol. The largest absolute Gasteiger partial charge is 0.558 e. The normalized spacial score (nSPS) is 11.4. The van der Waals surface area contributed by atoms with Gasteiger partial charge in [-0.2, -0.15) is 0 Å². The zero-order chi connectivity index (χ0) is 9.97. The number of rotatable bonds is 2. The van der Waals surface area contributed by atoms with E-state index in [9.17, 15) is 9.46 Å². The van der Waals surface area contributed by atoms with E-state index in [1.165, 1.54) is 0 Å². The van der Waals surface area contributed by atoms with Gasteiger partial charge in [-0.3, -0.25) is 4.52 Å². The minimum Gasteiger partial charge on any atom is -0.558 e. The third-order valence-electron chi connectivity index (χ3n) is 1.90. The highest BCUT2D eigenvalue weighted by Crippen LogP contribution is 2.24. The molecular formula is C10H7O3P. The molecule has 0 heterocycles. The molecule has 2 aromatic rings. The van der Waals surface area contributed by atoms with Gasteiger partial charge in [-0.15, -0.1) is 0 Å². The second-order valence-corrected chi connectivity index (χ2v) is 3.45. The summed E-state index contributed by atoms with van der Waals surface area (Å²) in [6, 6.07) is 12.8. The first-order valence-corrected chi connectivity index (χ1v) is 5.16. The lowest BCUT2D eigenvalue weighted by atomic mass is 10.1. The van der Waals surface area contributed by atoms with Crippen molar-refractivity contribution in [3.05, 3.63) is 42.5 Å². The molecule has 0 fully saturated rings. The molecule has 0 spiro atoms. The Labute approximate surface area is 81.9 Å². The van der Waals surface area contributed by atoms with E-state index in [1.54, 1.807) is 12.1 Å². The smallest absolute Gasteiger partial charge is 0.539 e. The van der Waals surface area contributed by atoms with Crippen molar-refractivity contribution in [1.82, 2.24) is 0 Å². The first-order chi connectivity index (χ1) is 6.75. The molecule has 2 aromatic carbocycles. The second kappa shape index (κ2) is 3.74. The number of fused-ring (bicyclic) bond motifs is 1. The first kappa shape index (κ1) is 9.13. The lowest BCUT2D eigenvalue weighted by molar-refractivity contribution is -0.178. The highest BCUT2D eigenvalue weighted by Gasteiger charge is 2.04. The summed E-state index contributed by atoms with van der Waals surface area (Å²) in [5.41, 5.74) is 0. The van der Waals surface area contributed by atoms with Crippen LogP contribution in [0.1, 0.15) is 0 Å². The number of hydrogen-bond acceptors (Lipinski definition) is 3. The molecule has 14 heavy (non-hydrogen) atoms. The Balaban J connectivity index is 2.46. The van der Waals surface area contributed by atoms with Crippen LogP contribution in [0.2, 0.25) is 0 Å². The van der Waals surface area contributed by atoms with E-state index in [4.69, 9.17) is 0 Å².